The first-order valence-corrected chi connectivity index (χ1v) is 12.0. The molecule has 0 bridgehead atoms. The molecule has 1 aliphatic heterocycles. The third kappa shape index (κ3) is 6.39. The predicted octanol–water partition coefficient (Wildman–Crippen LogP) is 4.16. The number of rotatable bonds is 7. The Labute approximate surface area is 209 Å². The maximum atomic E-state index is 12.5. The summed E-state index contributed by atoms with van der Waals surface area (Å²) in [6.45, 7) is 5.34. The third-order valence-electron chi connectivity index (χ3n) is 5.59. The molecule has 182 valence electrons. The van der Waals surface area contributed by atoms with Gasteiger partial charge in [-0.15, -0.1) is 0 Å². The summed E-state index contributed by atoms with van der Waals surface area (Å²) in [4.78, 5) is 29.0. The number of piperazine rings is 1. The first-order chi connectivity index (χ1) is 17.0. The van der Waals surface area contributed by atoms with Crippen molar-refractivity contribution in [2.45, 2.75) is 13.3 Å². The fourth-order valence-corrected chi connectivity index (χ4v) is 3.97. The van der Waals surface area contributed by atoms with E-state index < -0.39 is 0 Å². The molecule has 1 saturated heterocycles. The van der Waals surface area contributed by atoms with E-state index in [2.05, 4.69) is 15.5 Å². The van der Waals surface area contributed by atoms with E-state index in [4.69, 9.17) is 21.4 Å². The molecule has 0 spiro atoms. The molecule has 0 saturated carbocycles. The Hall–Kier alpha value is -3.85. The molecule has 2 amide bonds. The molecule has 9 heteroatoms. The molecule has 2 N–H and O–H groups in total. The van der Waals surface area contributed by atoms with Gasteiger partial charge in [-0.2, -0.15) is 0 Å². The first-order valence-electron chi connectivity index (χ1n) is 11.6. The van der Waals surface area contributed by atoms with Gasteiger partial charge in [-0.1, -0.05) is 13.0 Å². The van der Waals surface area contributed by atoms with Gasteiger partial charge in [0.25, 0.3) is 11.8 Å². The van der Waals surface area contributed by atoms with Gasteiger partial charge in [0.2, 0.25) is 0 Å². The van der Waals surface area contributed by atoms with E-state index in [-0.39, 0.29) is 16.9 Å². The SMILES string of the molecule is CCCOc1cccc(C(=O)NC(=S)Nc2ccc(N3CCN(C(=O)c4ccco4)CC3)cc2)c1. The number of carbonyl (C=O) groups is 2. The minimum atomic E-state index is -0.303. The standard InChI is InChI=1S/C26H28N4O4S/c1-2-16-33-22-6-3-5-19(18-22)24(31)28-26(35)27-20-8-10-21(11-9-20)29-12-14-30(15-13-29)25(32)23-7-4-17-34-23/h3-11,17-18H,2,12-16H2,1H3,(H2,27,28,31,35). The molecule has 0 unspecified atom stereocenters. The van der Waals surface area contributed by atoms with Crippen LogP contribution in [0.3, 0.4) is 0 Å². The molecule has 0 aliphatic carbocycles. The molecule has 2 heterocycles. The van der Waals surface area contributed by atoms with Crippen LogP contribution in [0.25, 0.3) is 0 Å². The zero-order valence-electron chi connectivity index (χ0n) is 19.5. The van der Waals surface area contributed by atoms with E-state index >= 15 is 0 Å². The van der Waals surface area contributed by atoms with Gasteiger partial charge in [0, 0.05) is 43.1 Å². The first kappa shape index (κ1) is 24.3. The van der Waals surface area contributed by atoms with Crippen molar-refractivity contribution in [2.24, 2.45) is 0 Å². The minimum absolute atomic E-state index is 0.0787. The van der Waals surface area contributed by atoms with Gasteiger partial charge in [-0.05, 0) is 73.2 Å². The van der Waals surface area contributed by atoms with Gasteiger partial charge < -0.3 is 24.3 Å². The Morgan fingerprint density at radius 2 is 1.80 bits per heavy atom. The molecule has 1 aliphatic rings. The highest BCUT2D eigenvalue weighted by Gasteiger charge is 2.23. The van der Waals surface area contributed by atoms with Gasteiger partial charge >= 0.3 is 0 Å². The predicted molar refractivity (Wildman–Crippen MR) is 139 cm³/mol. The average molecular weight is 493 g/mol. The maximum absolute atomic E-state index is 12.5. The number of benzene rings is 2. The van der Waals surface area contributed by atoms with Crippen molar-refractivity contribution in [3.8, 4) is 5.75 Å². The number of carbonyl (C=O) groups excluding carboxylic acids is 2. The fraction of sp³-hybridized carbons (Fsp3) is 0.269. The van der Waals surface area contributed by atoms with Crippen molar-refractivity contribution in [2.75, 3.05) is 43.0 Å². The van der Waals surface area contributed by atoms with E-state index in [1.165, 1.54) is 6.26 Å². The van der Waals surface area contributed by atoms with Crippen LogP contribution >= 0.6 is 12.2 Å². The van der Waals surface area contributed by atoms with Crippen LogP contribution < -0.4 is 20.3 Å². The lowest BCUT2D eigenvalue weighted by Gasteiger charge is -2.35. The lowest BCUT2D eigenvalue weighted by atomic mass is 10.2. The molecule has 8 nitrogen and oxygen atoms in total. The van der Waals surface area contributed by atoms with Gasteiger partial charge in [-0.25, -0.2) is 0 Å². The van der Waals surface area contributed by atoms with E-state index in [0.29, 0.717) is 36.8 Å². The van der Waals surface area contributed by atoms with Crippen LogP contribution in [0.1, 0.15) is 34.3 Å². The second-order valence-corrected chi connectivity index (χ2v) is 8.50. The van der Waals surface area contributed by atoms with Crippen molar-refractivity contribution in [3.63, 3.8) is 0 Å². The monoisotopic (exact) mass is 492 g/mol. The number of anilines is 2. The molecule has 3 aromatic rings. The number of ether oxygens (including phenoxy) is 1. The average Bonchev–Trinajstić information content (AvgIpc) is 3.43. The summed E-state index contributed by atoms with van der Waals surface area (Å²) in [5.74, 6) is 0.641. The summed E-state index contributed by atoms with van der Waals surface area (Å²) >= 11 is 5.31. The van der Waals surface area contributed by atoms with Gasteiger partial charge in [-0.3, -0.25) is 14.9 Å². The van der Waals surface area contributed by atoms with Crippen LogP contribution in [0.15, 0.2) is 71.3 Å². The van der Waals surface area contributed by atoms with Gasteiger partial charge in [0.05, 0.1) is 12.9 Å². The number of amides is 2. The number of thiocarbonyl (C=S) groups is 1. The fourth-order valence-electron chi connectivity index (χ4n) is 3.76. The van der Waals surface area contributed by atoms with E-state index in [0.717, 1.165) is 30.9 Å². The topological polar surface area (TPSA) is 87.0 Å². The molecular formula is C26H28N4O4S. The number of furan rings is 1. The molecule has 2 aromatic carbocycles. The van der Waals surface area contributed by atoms with Crippen molar-refractivity contribution >= 4 is 40.5 Å². The number of nitrogens with zero attached hydrogens (tertiary/aromatic N) is 2. The second-order valence-electron chi connectivity index (χ2n) is 8.09. The zero-order chi connectivity index (χ0) is 24.6. The Bertz CT molecular complexity index is 1160. The highest BCUT2D eigenvalue weighted by molar-refractivity contribution is 7.80. The van der Waals surface area contributed by atoms with Crippen LogP contribution in [0.4, 0.5) is 11.4 Å². The molecule has 1 fully saturated rings. The van der Waals surface area contributed by atoms with Crippen molar-refractivity contribution in [1.82, 2.24) is 10.2 Å². The maximum Gasteiger partial charge on any atom is 0.289 e. The Morgan fingerprint density at radius 1 is 1.03 bits per heavy atom. The molecule has 35 heavy (non-hydrogen) atoms. The third-order valence-corrected chi connectivity index (χ3v) is 5.79. The van der Waals surface area contributed by atoms with Crippen molar-refractivity contribution in [3.05, 3.63) is 78.3 Å². The highest BCUT2D eigenvalue weighted by Crippen LogP contribution is 2.20. The summed E-state index contributed by atoms with van der Waals surface area (Å²) in [5, 5.41) is 5.96. The van der Waals surface area contributed by atoms with E-state index in [1.807, 2.05) is 37.3 Å². The lowest BCUT2D eigenvalue weighted by Crippen LogP contribution is -2.48. The molecule has 0 atom stereocenters. The molecule has 4 rings (SSSR count). The summed E-state index contributed by atoms with van der Waals surface area (Å²) < 4.78 is 10.8. The highest BCUT2D eigenvalue weighted by atomic mass is 32.1. The summed E-state index contributed by atoms with van der Waals surface area (Å²) in [6.07, 6.45) is 2.40. The molecule has 1 aromatic heterocycles. The summed E-state index contributed by atoms with van der Waals surface area (Å²) in [7, 11) is 0. The van der Waals surface area contributed by atoms with Crippen LogP contribution in [0, 0.1) is 0 Å². The van der Waals surface area contributed by atoms with Gasteiger partial charge in [0.15, 0.2) is 10.9 Å². The summed E-state index contributed by atoms with van der Waals surface area (Å²) in [5.41, 5.74) is 2.30. The Balaban J connectivity index is 1.26. The molecule has 0 radical (unpaired) electrons. The largest absolute Gasteiger partial charge is 0.494 e. The summed E-state index contributed by atoms with van der Waals surface area (Å²) in [6, 6.07) is 18.2. The van der Waals surface area contributed by atoms with Crippen molar-refractivity contribution < 1.29 is 18.7 Å². The van der Waals surface area contributed by atoms with E-state index in [9.17, 15) is 9.59 Å². The normalized spacial score (nSPS) is 13.3. The smallest absolute Gasteiger partial charge is 0.289 e. The Kier molecular flexibility index (Phi) is 7.99. The quantitative estimate of drug-likeness (QED) is 0.479. The number of hydrogen-bond acceptors (Lipinski definition) is 6. The number of hydrogen-bond donors (Lipinski definition) is 2. The minimum Gasteiger partial charge on any atom is -0.494 e. The lowest BCUT2D eigenvalue weighted by molar-refractivity contribution is 0.0714. The number of nitrogens with one attached hydrogen (secondary N) is 2. The van der Waals surface area contributed by atoms with Crippen LogP contribution in [0.2, 0.25) is 0 Å². The second kappa shape index (κ2) is 11.5. The van der Waals surface area contributed by atoms with Crippen LogP contribution in [-0.2, 0) is 0 Å². The Morgan fingerprint density at radius 3 is 2.49 bits per heavy atom. The molecular weight excluding hydrogens is 464 g/mol. The van der Waals surface area contributed by atoms with Gasteiger partial charge in [0.1, 0.15) is 5.75 Å². The zero-order valence-corrected chi connectivity index (χ0v) is 20.3. The van der Waals surface area contributed by atoms with Crippen LogP contribution in [-0.4, -0.2) is 54.6 Å². The van der Waals surface area contributed by atoms with Crippen molar-refractivity contribution in [1.29, 1.82) is 0 Å². The van der Waals surface area contributed by atoms with Crippen LogP contribution in [0.5, 0.6) is 5.75 Å². The van der Waals surface area contributed by atoms with E-state index in [1.54, 1.807) is 35.2 Å².